The van der Waals surface area contributed by atoms with Gasteiger partial charge in [-0.25, -0.2) is 4.57 Å². The molecule has 0 amide bonds. The van der Waals surface area contributed by atoms with Gasteiger partial charge in [0.25, 0.3) is 0 Å². The van der Waals surface area contributed by atoms with Gasteiger partial charge in [0, 0.05) is 17.2 Å². The van der Waals surface area contributed by atoms with Crippen molar-refractivity contribution in [1.29, 1.82) is 0 Å². The van der Waals surface area contributed by atoms with E-state index in [9.17, 15) is 0 Å². The molecule has 0 spiro atoms. The zero-order valence-electron chi connectivity index (χ0n) is 27.6. The molecule has 1 aliphatic heterocycles. The van der Waals surface area contributed by atoms with E-state index in [0.717, 1.165) is 0 Å². The van der Waals surface area contributed by atoms with Gasteiger partial charge in [0.1, 0.15) is 7.05 Å². The summed E-state index contributed by atoms with van der Waals surface area (Å²) in [6, 6.07) is 41.0. The average Bonchev–Trinajstić information content (AvgIpc) is 3.02. The fourth-order valence-corrected chi connectivity index (χ4v) is 8.12. The zero-order chi connectivity index (χ0) is 31.4. The van der Waals surface area contributed by atoms with E-state index in [4.69, 9.17) is 0 Å². The molecule has 45 heavy (non-hydrogen) atoms. The first-order valence-corrected chi connectivity index (χ1v) is 16.2. The number of hydrogen-bond donors (Lipinski definition) is 0. The van der Waals surface area contributed by atoms with Gasteiger partial charge in [-0.05, 0) is 64.3 Å². The molecule has 0 radical (unpaired) electrons. The van der Waals surface area contributed by atoms with E-state index in [-0.39, 0.29) is 13.4 Å². The van der Waals surface area contributed by atoms with Gasteiger partial charge in [0.15, 0.2) is 6.20 Å². The summed E-state index contributed by atoms with van der Waals surface area (Å²) in [5.74, 6) is 0. The lowest BCUT2D eigenvalue weighted by molar-refractivity contribution is -0.660. The number of rotatable bonds is 4. The minimum absolute atomic E-state index is 0.184. The molecule has 2 heterocycles. The molecule has 7 rings (SSSR count). The van der Waals surface area contributed by atoms with Gasteiger partial charge < -0.3 is 0 Å². The van der Waals surface area contributed by atoms with Gasteiger partial charge in [-0.1, -0.05) is 152 Å². The molecule has 0 unspecified atom stereocenters. The van der Waals surface area contributed by atoms with Crippen molar-refractivity contribution in [1.82, 2.24) is 0 Å². The van der Waals surface area contributed by atoms with Crippen molar-refractivity contribution in [2.24, 2.45) is 7.05 Å². The summed E-state index contributed by atoms with van der Waals surface area (Å²) < 4.78 is 2.26. The lowest BCUT2D eigenvalue weighted by atomic mass is 9.20. The van der Waals surface area contributed by atoms with Crippen LogP contribution in [0.1, 0.15) is 33.4 Å². The summed E-state index contributed by atoms with van der Waals surface area (Å²) in [5, 5.41) is 0. The minimum Gasteiger partial charge on any atom is -0.201 e. The Kier molecular flexibility index (Phi) is 7.36. The number of fused-ring (bicyclic) bond motifs is 2. The quantitative estimate of drug-likeness (QED) is 0.203. The third-order valence-corrected chi connectivity index (χ3v) is 10.2. The maximum Gasteiger partial charge on any atom is 0.240 e. The summed E-state index contributed by atoms with van der Waals surface area (Å²) in [5.41, 5.74) is 21.6. The van der Waals surface area contributed by atoms with Crippen molar-refractivity contribution < 1.29 is 4.57 Å². The number of hydrogen-bond acceptors (Lipinski definition) is 0. The number of benzene rings is 5. The lowest BCUT2D eigenvalue weighted by Gasteiger charge is -2.34. The average molecular weight is 580 g/mol. The predicted octanol–water partition coefficient (Wildman–Crippen LogP) is 5.04. The summed E-state index contributed by atoms with van der Waals surface area (Å²) in [6.07, 6.45) is 2.27. The number of aryl methyl sites for hydroxylation is 7. The molecule has 0 saturated carbocycles. The van der Waals surface area contributed by atoms with Crippen molar-refractivity contribution in [3.05, 3.63) is 149 Å². The van der Waals surface area contributed by atoms with Gasteiger partial charge >= 0.3 is 0 Å². The highest BCUT2D eigenvalue weighted by Gasteiger charge is 2.40. The van der Waals surface area contributed by atoms with E-state index in [1.54, 1.807) is 0 Å². The second-order valence-electron chi connectivity index (χ2n) is 13.1. The molecule has 0 fully saturated rings. The summed E-state index contributed by atoms with van der Waals surface area (Å²) in [7, 11) is 2.15. The molecule has 1 aliphatic rings. The van der Waals surface area contributed by atoms with Crippen molar-refractivity contribution in [2.75, 3.05) is 0 Å². The minimum atomic E-state index is 0.184. The van der Waals surface area contributed by atoms with Gasteiger partial charge in [-0.3, -0.25) is 0 Å². The maximum atomic E-state index is 2.43. The first-order chi connectivity index (χ1) is 21.7. The highest BCUT2D eigenvalue weighted by atomic mass is 14.9. The SMILES string of the molecule is Cc1c[n+](C)c(-c2ccccc2C)cc1-c1cc(C)c(B2c3ccccc3B(c3c(C)cccc3C)c3ccccc32)c(C)c1. The van der Waals surface area contributed by atoms with E-state index in [1.165, 1.54) is 88.5 Å². The van der Waals surface area contributed by atoms with E-state index >= 15 is 0 Å². The van der Waals surface area contributed by atoms with Crippen molar-refractivity contribution in [2.45, 2.75) is 41.5 Å². The molecular weight excluding hydrogens is 540 g/mol. The molecule has 1 aromatic heterocycles. The zero-order valence-corrected chi connectivity index (χ0v) is 27.6. The van der Waals surface area contributed by atoms with Crippen LogP contribution in [0.2, 0.25) is 0 Å². The van der Waals surface area contributed by atoms with Crippen LogP contribution in [-0.2, 0) is 7.05 Å². The molecule has 6 aromatic rings. The molecule has 1 nitrogen and oxygen atoms in total. The molecule has 0 bridgehead atoms. The standard InChI is InChI=1S/C42H40B2N/c1-27-15-8-9-18-34(27)40-25-35(32(6)26-45(40)7)33-23-30(4)42(31(5)24-33)44-38-21-12-10-19-36(38)43(37-20-11-13-22-39(37)44)41-28(2)16-14-17-29(41)3/h8-26H,1-7H3/q+1. The highest BCUT2D eigenvalue weighted by Crippen LogP contribution is 2.29. The second kappa shape index (κ2) is 11.4. The van der Waals surface area contributed by atoms with E-state index < -0.39 is 0 Å². The Hall–Kier alpha value is -4.62. The van der Waals surface area contributed by atoms with Gasteiger partial charge in [-0.2, -0.15) is 0 Å². The van der Waals surface area contributed by atoms with E-state index in [0.29, 0.717) is 0 Å². The molecule has 5 aromatic carbocycles. The van der Waals surface area contributed by atoms with E-state index in [2.05, 4.69) is 169 Å². The molecule has 0 saturated heterocycles. The van der Waals surface area contributed by atoms with Crippen LogP contribution in [0.3, 0.4) is 0 Å². The molecule has 3 heteroatoms. The van der Waals surface area contributed by atoms with Crippen LogP contribution in [0.5, 0.6) is 0 Å². The Morgan fingerprint density at radius 3 is 1.38 bits per heavy atom. The Morgan fingerprint density at radius 1 is 0.422 bits per heavy atom. The second-order valence-corrected chi connectivity index (χ2v) is 13.1. The third-order valence-electron chi connectivity index (χ3n) is 10.2. The fraction of sp³-hybridized carbons (Fsp3) is 0.167. The Balaban J connectivity index is 1.41. The Bertz CT molecular complexity index is 2020. The summed E-state index contributed by atoms with van der Waals surface area (Å²) in [6.45, 7) is 14.0. The fourth-order valence-electron chi connectivity index (χ4n) is 8.12. The number of pyridine rings is 1. The van der Waals surface area contributed by atoms with Crippen molar-refractivity contribution in [3.8, 4) is 22.4 Å². The first-order valence-electron chi connectivity index (χ1n) is 16.2. The van der Waals surface area contributed by atoms with Gasteiger partial charge in [0.2, 0.25) is 19.1 Å². The third kappa shape index (κ3) is 4.86. The van der Waals surface area contributed by atoms with Crippen LogP contribution in [0.25, 0.3) is 22.4 Å². The lowest BCUT2D eigenvalue weighted by Crippen LogP contribution is -2.75. The number of nitrogens with zero attached hydrogens (tertiary/aromatic N) is 1. The first kappa shape index (κ1) is 29.1. The predicted molar refractivity (Wildman–Crippen MR) is 196 cm³/mol. The van der Waals surface area contributed by atoms with Crippen LogP contribution in [0, 0.1) is 41.5 Å². The topological polar surface area (TPSA) is 3.88 Å². The van der Waals surface area contributed by atoms with Crippen LogP contribution in [-0.4, -0.2) is 13.4 Å². The maximum absolute atomic E-state index is 2.43. The molecule has 0 aliphatic carbocycles. The van der Waals surface area contributed by atoms with Gasteiger partial charge in [-0.15, -0.1) is 0 Å². The Labute approximate surface area is 269 Å². The summed E-state index contributed by atoms with van der Waals surface area (Å²) >= 11 is 0. The van der Waals surface area contributed by atoms with Crippen molar-refractivity contribution >= 4 is 46.2 Å². The van der Waals surface area contributed by atoms with Crippen LogP contribution in [0.4, 0.5) is 0 Å². The van der Waals surface area contributed by atoms with E-state index in [1.807, 2.05) is 0 Å². The normalized spacial score (nSPS) is 12.2. The monoisotopic (exact) mass is 580 g/mol. The molecule has 0 atom stereocenters. The summed E-state index contributed by atoms with van der Waals surface area (Å²) in [4.78, 5) is 0. The Morgan fingerprint density at radius 2 is 0.867 bits per heavy atom. The van der Waals surface area contributed by atoms with Crippen LogP contribution < -0.4 is 37.3 Å². The largest absolute Gasteiger partial charge is 0.240 e. The molecule has 0 N–H and O–H groups in total. The smallest absolute Gasteiger partial charge is 0.201 e. The van der Waals surface area contributed by atoms with Crippen molar-refractivity contribution in [3.63, 3.8) is 0 Å². The van der Waals surface area contributed by atoms with Crippen LogP contribution >= 0.6 is 0 Å². The van der Waals surface area contributed by atoms with Gasteiger partial charge in [0.05, 0.1) is 0 Å². The number of aromatic nitrogens is 1. The molecular formula is C42H40B2N+. The van der Waals surface area contributed by atoms with Crippen LogP contribution in [0.15, 0.2) is 115 Å². The highest BCUT2D eigenvalue weighted by molar-refractivity contribution is 7.11. The molecule has 218 valence electrons.